The lowest BCUT2D eigenvalue weighted by atomic mass is 10.2. The average Bonchev–Trinajstić information content (AvgIpc) is 2.37. The van der Waals surface area contributed by atoms with Gasteiger partial charge in [-0.2, -0.15) is 0 Å². The molecule has 0 heterocycles. The lowest BCUT2D eigenvalue weighted by Gasteiger charge is -2.06. The number of hydrogen-bond acceptors (Lipinski definition) is 6. The Morgan fingerprint density at radius 2 is 1.84 bits per heavy atom. The van der Waals surface area contributed by atoms with Crippen LogP contribution in [0.2, 0.25) is 0 Å². The van der Waals surface area contributed by atoms with E-state index >= 15 is 0 Å². The molecule has 19 heavy (non-hydrogen) atoms. The number of ether oxygens (including phenoxy) is 1. The highest BCUT2D eigenvalue weighted by molar-refractivity contribution is 7.89. The van der Waals surface area contributed by atoms with Gasteiger partial charge in [0, 0.05) is 0 Å². The van der Waals surface area contributed by atoms with E-state index in [1.165, 1.54) is 31.4 Å². The van der Waals surface area contributed by atoms with Crippen molar-refractivity contribution in [3.8, 4) is 0 Å². The summed E-state index contributed by atoms with van der Waals surface area (Å²) in [6.45, 7) is -0.584. The lowest BCUT2D eigenvalue weighted by molar-refractivity contribution is -0.123. The number of benzene rings is 1. The molecule has 0 aliphatic heterocycles. The third-order valence-corrected chi connectivity index (χ3v) is 3.20. The summed E-state index contributed by atoms with van der Waals surface area (Å²) in [5.74, 6) is -1.40. The summed E-state index contributed by atoms with van der Waals surface area (Å²) in [6, 6.07) is 4.97. The third kappa shape index (κ3) is 4.32. The Morgan fingerprint density at radius 1 is 1.26 bits per heavy atom. The molecule has 0 aromatic heterocycles. The normalized spacial score (nSPS) is 11.0. The minimum atomic E-state index is -3.94. The molecule has 0 radical (unpaired) electrons. The number of hydrogen-bond donors (Lipinski definition) is 2. The SMILES string of the molecule is COC(=O)c1ccc(S(=O)(=O)NOCC(N)=O)cc1. The van der Waals surface area contributed by atoms with E-state index in [0.29, 0.717) is 0 Å². The van der Waals surface area contributed by atoms with Crippen LogP contribution in [0.5, 0.6) is 0 Å². The molecule has 0 unspecified atom stereocenters. The van der Waals surface area contributed by atoms with Crippen molar-refractivity contribution in [3.05, 3.63) is 29.8 Å². The van der Waals surface area contributed by atoms with Gasteiger partial charge in [0.2, 0.25) is 5.91 Å². The first-order valence-electron chi connectivity index (χ1n) is 4.97. The molecule has 104 valence electrons. The highest BCUT2D eigenvalue weighted by atomic mass is 32.2. The van der Waals surface area contributed by atoms with Crippen molar-refractivity contribution >= 4 is 21.9 Å². The Balaban J connectivity index is 2.79. The maximum Gasteiger partial charge on any atom is 0.337 e. The summed E-state index contributed by atoms with van der Waals surface area (Å²) in [6.07, 6.45) is 0. The van der Waals surface area contributed by atoms with Gasteiger partial charge in [0.15, 0.2) is 0 Å². The van der Waals surface area contributed by atoms with Crippen LogP contribution in [-0.4, -0.2) is 34.0 Å². The molecule has 0 aliphatic carbocycles. The Hall–Kier alpha value is -1.97. The Kier molecular flexibility index (Phi) is 4.98. The van der Waals surface area contributed by atoms with E-state index in [4.69, 9.17) is 5.73 Å². The van der Waals surface area contributed by atoms with E-state index in [1.807, 2.05) is 0 Å². The summed E-state index contributed by atoms with van der Waals surface area (Å²) in [5.41, 5.74) is 4.99. The Morgan fingerprint density at radius 3 is 2.32 bits per heavy atom. The van der Waals surface area contributed by atoms with Crippen molar-refractivity contribution in [2.45, 2.75) is 4.90 Å². The molecule has 3 N–H and O–H groups in total. The Bertz CT molecular complexity index is 566. The third-order valence-electron chi connectivity index (χ3n) is 1.97. The summed E-state index contributed by atoms with van der Waals surface area (Å²) >= 11 is 0. The molecule has 0 bridgehead atoms. The predicted octanol–water partition coefficient (Wildman–Crippen LogP) is -0.832. The van der Waals surface area contributed by atoms with Crippen molar-refractivity contribution in [1.29, 1.82) is 0 Å². The summed E-state index contributed by atoms with van der Waals surface area (Å²) < 4.78 is 27.8. The Labute approximate surface area is 109 Å². The first kappa shape index (κ1) is 15.1. The number of esters is 1. The van der Waals surface area contributed by atoms with Crippen molar-refractivity contribution in [3.63, 3.8) is 0 Å². The zero-order valence-corrected chi connectivity index (χ0v) is 10.8. The zero-order valence-electron chi connectivity index (χ0n) is 9.95. The molecule has 9 heteroatoms. The molecular formula is C10H12N2O6S. The van der Waals surface area contributed by atoms with Crippen molar-refractivity contribution < 1.29 is 27.6 Å². The van der Waals surface area contributed by atoms with E-state index in [0.717, 1.165) is 0 Å². The average molecular weight is 288 g/mol. The molecule has 8 nitrogen and oxygen atoms in total. The molecule has 1 rings (SSSR count). The fourth-order valence-electron chi connectivity index (χ4n) is 1.11. The molecule has 0 atom stereocenters. The highest BCUT2D eigenvalue weighted by Gasteiger charge is 2.15. The zero-order chi connectivity index (χ0) is 14.5. The number of nitrogens with two attached hydrogens (primary N) is 1. The minimum absolute atomic E-state index is 0.135. The van der Waals surface area contributed by atoms with Crippen LogP contribution in [0.3, 0.4) is 0 Å². The number of primary amides is 1. The lowest BCUT2D eigenvalue weighted by Crippen LogP contribution is -2.29. The minimum Gasteiger partial charge on any atom is -0.465 e. The number of carbonyl (C=O) groups is 2. The molecule has 1 amide bonds. The van der Waals surface area contributed by atoms with Crippen LogP contribution < -0.4 is 10.6 Å². The molecule has 0 saturated heterocycles. The molecule has 0 saturated carbocycles. The number of carbonyl (C=O) groups excluding carboxylic acids is 2. The van der Waals surface area contributed by atoms with Gasteiger partial charge in [0.25, 0.3) is 10.0 Å². The van der Waals surface area contributed by atoms with Crippen molar-refractivity contribution in [2.75, 3.05) is 13.7 Å². The quantitative estimate of drug-likeness (QED) is 0.520. The standard InChI is InChI=1S/C10H12N2O6S/c1-17-10(14)7-2-4-8(5-3-7)19(15,16)12-18-6-9(11)13/h2-5,12H,6H2,1H3,(H2,11,13). The van der Waals surface area contributed by atoms with E-state index in [9.17, 15) is 18.0 Å². The number of sulfonamides is 1. The highest BCUT2D eigenvalue weighted by Crippen LogP contribution is 2.11. The molecular weight excluding hydrogens is 276 g/mol. The van der Waals surface area contributed by atoms with Gasteiger partial charge in [-0.05, 0) is 24.3 Å². The van der Waals surface area contributed by atoms with Crippen LogP contribution in [0.25, 0.3) is 0 Å². The van der Waals surface area contributed by atoms with Crippen LogP contribution in [0, 0.1) is 0 Å². The monoisotopic (exact) mass is 288 g/mol. The predicted molar refractivity (Wildman–Crippen MR) is 63.2 cm³/mol. The number of amides is 1. The van der Waals surface area contributed by atoms with Crippen LogP contribution >= 0.6 is 0 Å². The van der Waals surface area contributed by atoms with Crippen molar-refractivity contribution in [2.24, 2.45) is 5.73 Å². The van der Waals surface area contributed by atoms with Gasteiger partial charge in [0.05, 0.1) is 17.6 Å². The second kappa shape index (κ2) is 6.27. The van der Waals surface area contributed by atoms with Gasteiger partial charge in [0.1, 0.15) is 6.61 Å². The van der Waals surface area contributed by atoms with Gasteiger partial charge in [-0.25, -0.2) is 13.2 Å². The van der Waals surface area contributed by atoms with E-state index in [1.54, 1.807) is 4.89 Å². The molecule has 1 aromatic carbocycles. The van der Waals surface area contributed by atoms with Gasteiger partial charge in [-0.3, -0.25) is 9.63 Å². The number of rotatable bonds is 6. The van der Waals surface area contributed by atoms with Crippen LogP contribution in [-0.2, 0) is 24.4 Å². The largest absolute Gasteiger partial charge is 0.465 e. The molecule has 0 fully saturated rings. The van der Waals surface area contributed by atoms with E-state index < -0.39 is 28.5 Å². The number of methoxy groups -OCH3 is 1. The summed E-state index contributed by atoms with van der Waals surface area (Å²) in [4.78, 5) is 27.5. The van der Waals surface area contributed by atoms with Gasteiger partial charge in [-0.1, -0.05) is 4.89 Å². The van der Waals surface area contributed by atoms with Crippen LogP contribution in [0.4, 0.5) is 0 Å². The van der Waals surface area contributed by atoms with Crippen LogP contribution in [0.1, 0.15) is 10.4 Å². The summed E-state index contributed by atoms with van der Waals surface area (Å²) in [5, 5.41) is 0. The molecule has 1 aromatic rings. The van der Waals surface area contributed by atoms with E-state index in [2.05, 4.69) is 9.57 Å². The molecule has 0 spiro atoms. The van der Waals surface area contributed by atoms with Crippen LogP contribution in [0.15, 0.2) is 29.2 Å². The van der Waals surface area contributed by atoms with Gasteiger partial charge < -0.3 is 10.5 Å². The van der Waals surface area contributed by atoms with Gasteiger partial charge >= 0.3 is 5.97 Å². The van der Waals surface area contributed by atoms with Crippen molar-refractivity contribution in [1.82, 2.24) is 4.89 Å². The van der Waals surface area contributed by atoms with Gasteiger partial charge in [-0.15, -0.1) is 0 Å². The summed E-state index contributed by atoms with van der Waals surface area (Å²) in [7, 11) is -2.72. The second-order valence-electron chi connectivity index (χ2n) is 3.36. The topological polar surface area (TPSA) is 125 Å². The fourth-order valence-corrected chi connectivity index (χ4v) is 1.92. The smallest absolute Gasteiger partial charge is 0.337 e. The second-order valence-corrected chi connectivity index (χ2v) is 5.00. The first-order valence-corrected chi connectivity index (χ1v) is 6.45. The fraction of sp³-hybridized carbons (Fsp3) is 0.200. The maximum absolute atomic E-state index is 11.7. The molecule has 0 aliphatic rings. The maximum atomic E-state index is 11.7. The van der Waals surface area contributed by atoms with E-state index in [-0.39, 0.29) is 10.5 Å². The number of nitrogens with one attached hydrogen (secondary N) is 1. The first-order chi connectivity index (χ1) is 8.86.